The number of aliphatic hydroxyl groups is 18. The molecule has 0 aromatic rings. The maximum atomic E-state index is 15.2. The molecule has 6 saturated heterocycles. The van der Waals surface area contributed by atoms with Crippen LogP contribution in [-0.4, -0.2) is 315 Å². The number of aliphatic hydroxyl groups excluding tert-OH is 17. The molecule has 31 nitrogen and oxygen atoms in total. The first-order chi connectivity index (χ1) is 45.0. The summed E-state index contributed by atoms with van der Waals surface area (Å²) in [6.45, 7) is 12.2. The number of fused-ring (bicyclic) bond motifs is 7. The first-order valence-electron chi connectivity index (χ1n) is 34.1. The second kappa shape index (κ2) is 27.9. The van der Waals surface area contributed by atoms with Gasteiger partial charge in [0.25, 0.3) is 0 Å². The van der Waals surface area contributed by atoms with Gasteiger partial charge in [0, 0.05) is 5.41 Å². The second-order valence-electron chi connectivity index (χ2n) is 31.5. The Morgan fingerprint density at radius 1 is 0.542 bits per heavy atom. The normalized spacial score (nSPS) is 55.1. The van der Waals surface area contributed by atoms with E-state index in [1.54, 1.807) is 0 Å². The third-order valence-corrected chi connectivity index (χ3v) is 25.4. The van der Waals surface area contributed by atoms with Gasteiger partial charge in [-0.15, -0.1) is 0 Å². The SMILES string of the molecule is C[C@@H]1O[C@@H](O[C@H]2[C@H](O[C@H]3CO[C@@H](O[C@H]4CC[C@@]5(C)[C@H](CC[C@]6(C)[C@@H]5CC=C5[C@H]7CC(C)(C)CC[C@]7(C(=O)O[C@@H]7OC[C@](O)(CO[C@@H]8O[C@H](CO)[C@@H](O[C@@H]9O[C@@H](C)[C@H](O)[C@@H](O)[C@H]9O)[C@H](O)[C@H]8O)[C@H](O)[C@H]7O)CC[C@]56C)[C@]4(C)CO)[C@H](O)[C@H]3O)O[C@H](CO)[C@@H](O)[C@@H]2O)[C@H](O)[C@H](O)[C@H]1O. The molecular weight excluding hydrogens is 1280 g/mol. The number of ether oxygens (including phenoxy) is 12. The van der Waals surface area contributed by atoms with Crippen molar-refractivity contribution >= 4 is 5.97 Å². The van der Waals surface area contributed by atoms with Gasteiger partial charge in [0.15, 0.2) is 31.5 Å². The molecular formula is C65H106O31. The highest BCUT2D eigenvalue weighted by atomic mass is 16.8. The molecule has 96 heavy (non-hydrogen) atoms. The van der Waals surface area contributed by atoms with Crippen LogP contribution >= 0.6 is 0 Å². The second-order valence-corrected chi connectivity index (χ2v) is 31.5. The van der Waals surface area contributed by atoms with Crippen molar-refractivity contribution in [1.29, 1.82) is 0 Å². The van der Waals surface area contributed by atoms with Crippen LogP contribution in [0.1, 0.15) is 120 Å². The number of rotatable bonds is 16. The number of allylic oxidation sites excluding steroid dienone is 2. The van der Waals surface area contributed by atoms with E-state index in [1.807, 2.05) is 6.92 Å². The fourth-order valence-corrected chi connectivity index (χ4v) is 19.0. The molecule has 10 fully saturated rings. The molecule has 0 amide bonds. The summed E-state index contributed by atoms with van der Waals surface area (Å²) >= 11 is 0. The van der Waals surface area contributed by atoms with Gasteiger partial charge in [-0.3, -0.25) is 4.79 Å². The predicted octanol–water partition coefficient (Wildman–Crippen LogP) is -4.72. The Morgan fingerprint density at radius 2 is 1.12 bits per heavy atom. The Hall–Kier alpha value is -1.95. The van der Waals surface area contributed by atoms with E-state index in [0.717, 1.165) is 6.42 Å². The number of esters is 1. The maximum Gasteiger partial charge on any atom is 0.315 e. The standard InChI is InChI=1S/C65H106O31/c1-26-36(69)40(73)45(78)55(88-26)94-49-31(21-67)91-53(47(80)43(49)76)86-24-65(84)25-87-54(48(81)51(65)82)96-58(83)64-17-15-59(3,4)19-29(64)28-9-10-34-60(5)13-12-35(61(6,23-68)33(60)11-14-63(34,8)62(28,7)16-18-64)93-52-44(77)39(72)32(22-85-52)92-57-50(42(75)38(71)30(20-66)90-57)95-56-46(79)41(74)37(70)27(2)89-56/h9,26-27,29-57,66-82,84H,10-25H2,1-8H3/t26-,27-,29+,30+,31+,32-,33-,34+,35-,36-,37-,38+,39-,40+,41+,42-,43+,44+,45+,46+,47+,48+,49+,50+,51+,52-,53+,54-,55-,56-,57-,60-,61-,62+,63+,64-,65+/m0/s1. The summed E-state index contributed by atoms with van der Waals surface area (Å²) in [7, 11) is 0. The first kappa shape index (κ1) is 75.2. The number of hydrogen-bond donors (Lipinski definition) is 18. The van der Waals surface area contributed by atoms with Crippen molar-refractivity contribution in [1.82, 2.24) is 0 Å². The van der Waals surface area contributed by atoms with Gasteiger partial charge in [0.05, 0.1) is 63.4 Å². The minimum atomic E-state index is -2.40. The van der Waals surface area contributed by atoms with Crippen LogP contribution in [0.5, 0.6) is 0 Å². The van der Waals surface area contributed by atoms with Crippen molar-refractivity contribution in [3.05, 3.63) is 11.6 Å². The van der Waals surface area contributed by atoms with Gasteiger partial charge in [-0.05, 0) is 117 Å². The van der Waals surface area contributed by atoms with Crippen molar-refractivity contribution in [2.75, 3.05) is 39.6 Å². The van der Waals surface area contributed by atoms with Crippen LogP contribution in [0.4, 0.5) is 0 Å². The van der Waals surface area contributed by atoms with Crippen LogP contribution in [0.15, 0.2) is 11.6 Å². The largest absolute Gasteiger partial charge is 0.432 e. The van der Waals surface area contributed by atoms with E-state index in [2.05, 4.69) is 40.7 Å². The zero-order valence-electron chi connectivity index (χ0n) is 55.6. The molecule has 18 N–H and O–H groups in total. The molecule has 4 saturated carbocycles. The molecule has 0 bridgehead atoms. The smallest absolute Gasteiger partial charge is 0.315 e. The minimum absolute atomic E-state index is 0.0901. The molecule has 11 rings (SSSR count). The zero-order chi connectivity index (χ0) is 70.1. The highest BCUT2D eigenvalue weighted by molar-refractivity contribution is 5.79. The third-order valence-electron chi connectivity index (χ3n) is 25.4. The summed E-state index contributed by atoms with van der Waals surface area (Å²) in [5.74, 6) is -0.926. The molecule has 0 spiro atoms. The number of hydrogen-bond acceptors (Lipinski definition) is 31. The summed E-state index contributed by atoms with van der Waals surface area (Å²) in [4.78, 5) is 15.2. The molecule has 5 aliphatic carbocycles. The Bertz CT molecular complexity index is 2710. The molecule has 37 atom stereocenters. The van der Waals surface area contributed by atoms with Crippen molar-refractivity contribution in [3.8, 4) is 0 Å². The van der Waals surface area contributed by atoms with Gasteiger partial charge in [0.2, 0.25) is 6.29 Å². The molecule has 0 unspecified atom stereocenters. The van der Waals surface area contributed by atoms with Gasteiger partial charge in [0.1, 0.15) is 122 Å². The quantitative estimate of drug-likeness (QED) is 0.0392. The van der Waals surface area contributed by atoms with Gasteiger partial charge < -0.3 is 149 Å². The summed E-state index contributed by atoms with van der Waals surface area (Å²) in [5, 5.41) is 197. The average Bonchev–Trinajstić information content (AvgIpc) is 0.675. The highest BCUT2D eigenvalue weighted by Gasteiger charge is 2.71. The van der Waals surface area contributed by atoms with E-state index >= 15 is 4.79 Å². The van der Waals surface area contributed by atoms with E-state index in [1.165, 1.54) is 19.4 Å². The maximum absolute atomic E-state index is 15.2. The predicted molar refractivity (Wildman–Crippen MR) is 321 cm³/mol. The molecule has 6 heterocycles. The van der Waals surface area contributed by atoms with E-state index < -0.39 is 233 Å². The van der Waals surface area contributed by atoms with E-state index in [4.69, 9.17) is 56.8 Å². The first-order valence-corrected chi connectivity index (χ1v) is 34.1. The Labute approximate surface area is 556 Å². The van der Waals surface area contributed by atoms with Crippen LogP contribution in [0, 0.1) is 50.2 Å². The fraction of sp³-hybridized carbons (Fsp3) is 0.954. The summed E-state index contributed by atoms with van der Waals surface area (Å²) in [5.41, 5.74) is -4.48. The molecule has 11 aliphatic rings. The number of carbonyl (C=O) groups is 1. The third kappa shape index (κ3) is 12.7. The Kier molecular flexibility index (Phi) is 21.9. The lowest BCUT2D eigenvalue weighted by molar-refractivity contribution is -0.382. The molecule has 0 radical (unpaired) electrons. The lowest BCUT2D eigenvalue weighted by Gasteiger charge is -2.71. The minimum Gasteiger partial charge on any atom is -0.432 e. The van der Waals surface area contributed by atoms with Gasteiger partial charge in [-0.2, -0.15) is 0 Å². The molecule has 0 aromatic heterocycles. The van der Waals surface area contributed by atoms with E-state index in [-0.39, 0.29) is 40.6 Å². The topological polar surface area (TPSA) is 492 Å². The molecule has 0 aromatic carbocycles. The summed E-state index contributed by atoms with van der Waals surface area (Å²) in [6.07, 6.45) is -36.6. The van der Waals surface area contributed by atoms with Crippen LogP contribution in [0.3, 0.4) is 0 Å². The van der Waals surface area contributed by atoms with Crippen LogP contribution in [-0.2, 0) is 61.6 Å². The Balaban J connectivity index is 0.733. The van der Waals surface area contributed by atoms with Crippen molar-refractivity contribution in [2.45, 2.75) is 297 Å². The fourth-order valence-electron chi connectivity index (χ4n) is 19.0. The molecule has 552 valence electrons. The molecule has 31 heteroatoms. The van der Waals surface area contributed by atoms with Crippen LogP contribution < -0.4 is 0 Å². The van der Waals surface area contributed by atoms with E-state index in [9.17, 15) is 91.9 Å². The lowest BCUT2D eigenvalue weighted by atomic mass is 9.33. The van der Waals surface area contributed by atoms with Gasteiger partial charge in [-0.25, -0.2) is 0 Å². The number of carbonyl (C=O) groups excluding carboxylic acids is 1. The van der Waals surface area contributed by atoms with Gasteiger partial charge in [-0.1, -0.05) is 53.2 Å². The summed E-state index contributed by atoms with van der Waals surface area (Å²) in [6, 6.07) is 0. The van der Waals surface area contributed by atoms with Crippen LogP contribution in [0.2, 0.25) is 0 Å². The monoisotopic (exact) mass is 1380 g/mol. The van der Waals surface area contributed by atoms with Crippen molar-refractivity contribution in [3.63, 3.8) is 0 Å². The molecule has 6 aliphatic heterocycles. The van der Waals surface area contributed by atoms with Crippen molar-refractivity contribution in [2.24, 2.45) is 50.2 Å². The van der Waals surface area contributed by atoms with Crippen molar-refractivity contribution < 1.29 is 154 Å². The van der Waals surface area contributed by atoms with Crippen LogP contribution in [0.25, 0.3) is 0 Å². The Morgan fingerprint density at radius 3 is 1.75 bits per heavy atom. The van der Waals surface area contributed by atoms with E-state index in [0.29, 0.717) is 57.8 Å². The zero-order valence-corrected chi connectivity index (χ0v) is 55.6. The highest BCUT2D eigenvalue weighted by Crippen LogP contribution is 2.76. The van der Waals surface area contributed by atoms with Gasteiger partial charge >= 0.3 is 5.97 Å². The summed E-state index contributed by atoms with van der Waals surface area (Å²) < 4.78 is 70.5. The lowest BCUT2D eigenvalue weighted by Crippen LogP contribution is -2.67. The average molecular weight is 1380 g/mol.